The lowest BCUT2D eigenvalue weighted by Crippen LogP contribution is -2.27. The largest absolute Gasteiger partial charge is 0.375 e. The van der Waals surface area contributed by atoms with Crippen LogP contribution in [0.1, 0.15) is 40.5 Å². The van der Waals surface area contributed by atoms with Gasteiger partial charge in [0.15, 0.2) is 11.6 Å². The highest BCUT2D eigenvalue weighted by atomic mass is 19.1. The third kappa shape index (κ3) is 12.2. The molecule has 0 aromatic heterocycles. The Hall–Kier alpha value is -0.270. The Morgan fingerprint density at radius 2 is 1.72 bits per heavy atom. The van der Waals surface area contributed by atoms with Crippen LogP contribution in [0.2, 0.25) is 0 Å². The third-order valence-corrected chi connectivity index (χ3v) is 1.99. The highest BCUT2D eigenvalue weighted by Gasteiger charge is 2.28. The molecule has 0 radical (unpaired) electrons. The molecule has 1 heterocycles. The lowest BCUT2D eigenvalue weighted by Gasteiger charge is -2.19. The first-order valence-electron chi connectivity index (χ1n) is 6.06. The van der Waals surface area contributed by atoms with Crippen LogP contribution < -0.4 is 0 Å². The third-order valence-electron chi connectivity index (χ3n) is 1.99. The molecule has 0 aromatic carbocycles. The van der Waals surface area contributed by atoms with Gasteiger partial charge in [0.25, 0.3) is 0 Å². The first-order valence-corrected chi connectivity index (χ1v) is 6.06. The molecule has 18 heavy (non-hydrogen) atoms. The van der Waals surface area contributed by atoms with Gasteiger partial charge in [-0.1, -0.05) is 0 Å². The number of aliphatic hydroxyl groups is 3. The fourth-order valence-corrected chi connectivity index (χ4v) is 1.31. The molecule has 3 N–H and O–H groups in total. The predicted octanol–water partition coefficient (Wildman–Crippen LogP) is 0.956. The maximum Gasteiger partial charge on any atom is 0.159 e. The first-order chi connectivity index (χ1) is 7.99. The van der Waals surface area contributed by atoms with Crippen molar-refractivity contribution in [1.82, 2.24) is 0 Å². The van der Waals surface area contributed by atoms with Gasteiger partial charge in [0, 0.05) is 13.0 Å². The van der Waals surface area contributed by atoms with Gasteiger partial charge < -0.3 is 24.8 Å². The molecule has 1 rings (SSSR count). The van der Waals surface area contributed by atoms with Gasteiger partial charge in [0.05, 0.1) is 12.7 Å². The topological polar surface area (TPSA) is 79.2 Å². The van der Waals surface area contributed by atoms with Crippen LogP contribution in [0, 0.1) is 0 Å². The Kier molecular flexibility index (Phi) is 7.24. The van der Waals surface area contributed by atoms with E-state index < -0.39 is 17.7 Å². The summed E-state index contributed by atoms with van der Waals surface area (Å²) in [5.41, 5.74) is 0. The Labute approximate surface area is 108 Å². The van der Waals surface area contributed by atoms with Gasteiger partial charge in [-0.25, -0.2) is 4.39 Å². The van der Waals surface area contributed by atoms with Crippen LogP contribution in [0.3, 0.4) is 0 Å². The minimum Gasteiger partial charge on any atom is -0.375 e. The quantitative estimate of drug-likeness (QED) is 0.662. The second kappa shape index (κ2) is 7.35. The summed E-state index contributed by atoms with van der Waals surface area (Å²) in [5, 5.41) is 25.4. The number of halogens is 1. The number of ether oxygens (including phenoxy) is 2. The molecule has 110 valence electrons. The summed E-state index contributed by atoms with van der Waals surface area (Å²) in [7, 11) is 0. The van der Waals surface area contributed by atoms with Crippen molar-refractivity contribution < 1.29 is 29.2 Å². The van der Waals surface area contributed by atoms with Crippen molar-refractivity contribution in [3.8, 4) is 0 Å². The van der Waals surface area contributed by atoms with Gasteiger partial charge in [-0.05, 0) is 34.1 Å². The molecule has 1 saturated heterocycles. The van der Waals surface area contributed by atoms with Crippen molar-refractivity contribution in [1.29, 1.82) is 0 Å². The van der Waals surface area contributed by atoms with E-state index >= 15 is 0 Å². The van der Waals surface area contributed by atoms with Crippen LogP contribution in [0.4, 0.5) is 4.39 Å². The number of hydrogen-bond donors (Lipinski definition) is 3. The lowest BCUT2D eigenvalue weighted by atomic mass is 10.1. The first kappa shape index (κ1) is 17.7. The summed E-state index contributed by atoms with van der Waals surface area (Å²) >= 11 is 0. The summed E-state index contributed by atoms with van der Waals surface area (Å²) in [6.07, 6.45) is -0.231. The highest BCUT2D eigenvalue weighted by Crippen LogP contribution is 2.20. The maximum atomic E-state index is 13.0. The van der Waals surface area contributed by atoms with E-state index in [-0.39, 0.29) is 6.10 Å². The number of rotatable bonds is 4. The van der Waals surface area contributed by atoms with Crippen LogP contribution in [-0.4, -0.2) is 52.4 Å². The number of hydrogen-bond acceptors (Lipinski definition) is 5. The van der Waals surface area contributed by atoms with Crippen LogP contribution in [0.5, 0.6) is 0 Å². The monoisotopic (exact) mass is 268 g/mol. The van der Waals surface area contributed by atoms with E-state index in [9.17, 15) is 9.50 Å². The highest BCUT2D eigenvalue weighted by molar-refractivity contribution is 4.75. The fourth-order valence-electron chi connectivity index (χ4n) is 1.31. The van der Waals surface area contributed by atoms with Crippen molar-refractivity contribution in [3.63, 3.8) is 0 Å². The van der Waals surface area contributed by atoms with Gasteiger partial charge in [-0.3, -0.25) is 0 Å². The van der Waals surface area contributed by atoms with Gasteiger partial charge in [0.1, 0.15) is 6.17 Å². The Morgan fingerprint density at radius 1 is 1.22 bits per heavy atom. The molecule has 0 saturated carbocycles. The van der Waals surface area contributed by atoms with E-state index in [1.807, 2.05) is 0 Å². The predicted molar refractivity (Wildman–Crippen MR) is 64.6 cm³/mol. The average Bonchev–Trinajstić information content (AvgIpc) is 2.46. The zero-order chi connectivity index (χ0) is 14.4. The summed E-state index contributed by atoms with van der Waals surface area (Å²) in [6.45, 7) is 6.52. The summed E-state index contributed by atoms with van der Waals surface area (Å²) < 4.78 is 23.2. The van der Waals surface area contributed by atoms with Crippen molar-refractivity contribution in [2.75, 3.05) is 13.2 Å². The molecule has 1 aliphatic rings. The normalized spacial score (nSPS) is 24.7. The van der Waals surface area contributed by atoms with Crippen LogP contribution in [0.15, 0.2) is 0 Å². The molecule has 0 amide bonds. The molecule has 6 heteroatoms. The summed E-state index contributed by atoms with van der Waals surface area (Å²) in [5.74, 6) is -2.63. The minimum atomic E-state index is -1.50. The Balaban J connectivity index is 0.000000494. The molecular weight excluding hydrogens is 243 g/mol. The van der Waals surface area contributed by atoms with Crippen LogP contribution in [0.25, 0.3) is 0 Å². The Morgan fingerprint density at radius 3 is 2.06 bits per heavy atom. The second-order valence-electron chi connectivity index (χ2n) is 5.29. The van der Waals surface area contributed by atoms with Crippen LogP contribution >= 0.6 is 0 Å². The molecule has 5 nitrogen and oxygen atoms in total. The van der Waals surface area contributed by atoms with Gasteiger partial charge in [0.2, 0.25) is 0 Å². The van der Waals surface area contributed by atoms with Crippen molar-refractivity contribution in [2.24, 2.45) is 0 Å². The average molecular weight is 268 g/mol. The standard InChI is InChI=1S/C9H17FO3.C3H8O2/c1-9(2,11)13-6-4-8-7(10)3-5-12-8;1-3(2,4)5/h7-8,11H,3-6H2,1-2H3;4-5H,1-2H3/t7-,8?;/m1./s1. The molecule has 2 atom stereocenters. The van der Waals surface area contributed by atoms with E-state index in [1.54, 1.807) is 13.8 Å². The summed E-state index contributed by atoms with van der Waals surface area (Å²) in [4.78, 5) is 0. The summed E-state index contributed by atoms with van der Waals surface area (Å²) in [6, 6.07) is 0. The van der Waals surface area contributed by atoms with E-state index in [0.717, 1.165) is 0 Å². The minimum absolute atomic E-state index is 0.328. The van der Waals surface area contributed by atoms with Crippen LogP contribution in [-0.2, 0) is 9.47 Å². The number of alkyl halides is 1. The molecule has 0 aliphatic carbocycles. The molecular formula is C12H25FO5. The molecule has 1 fully saturated rings. The molecule has 0 bridgehead atoms. The molecule has 1 unspecified atom stereocenters. The Bertz CT molecular complexity index is 215. The fraction of sp³-hybridized carbons (Fsp3) is 1.00. The van der Waals surface area contributed by atoms with E-state index in [0.29, 0.717) is 26.1 Å². The van der Waals surface area contributed by atoms with E-state index in [1.165, 1.54) is 13.8 Å². The molecule has 1 aliphatic heterocycles. The molecule has 0 aromatic rings. The lowest BCUT2D eigenvalue weighted by molar-refractivity contribution is -0.180. The SMILES string of the molecule is CC(C)(O)O.CC(C)(O)OCCC1OCC[C@H]1F. The smallest absolute Gasteiger partial charge is 0.159 e. The van der Waals surface area contributed by atoms with E-state index in [2.05, 4.69) is 0 Å². The maximum absolute atomic E-state index is 13.0. The van der Waals surface area contributed by atoms with Crippen molar-refractivity contribution in [2.45, 2.75) is 64.4 Å². The zero-order valence-corrected chi connectivity index (χ0v) is 11.5. The molecule has 0 spiro atoms. The van der Waals surface area contributed by atoms with Gasteiger partial charge >= 0.3 is 0 Å². The van der Waals surface area contributed by atoms with Crippen molar-refractivity contribution >= 4 is 0 Å². The van der Waals surface area contributed by atoms with Crippen molar-refractivity contribution in [3.05, 3.63) is 0 Å². The second-order valence-corrected chi connectivity index (χ2v) is 5.29. The van der Waals surface area contributed by atoms with Gasteiger partial charge in [-0.15, -0.1) is 0 Å². The van der Waals surface area contributed by atoms with E-state index in [4.69, 9.17) is 19.7 Å². The van der Waals surface area contributed by atoms with Gasteiger partial charge in [-0.2, -0.15) is 0 Å². The zero-order valence-electron chi connectivity index (χ0n) is 11.5.